The molecule has 0 aliphatic rings. The number of amides is 1. The molecule has 0 aliphatic heterocycles. The third-order valence-corrected chi connectivity index (χ3v) is 6.48. The first-order valence-electron chi connectivity index (χ1n) is 9.97. The predicted octanol–water partition coefficient (Wildman–Crippen LogP) is 5.49. The molecule has 0 unspecified atom stereocenters. The van der Waals surface area contributed by atoms with Gasteiger partial charge in [-0.3, -0.25) is 4.79 Å². The number of nitrogens with one attached hydrogen (secondary N) is 2. The number of sulfonamides is 1. The molecule has 10 heteroatoms. The molecule has 0 fully saturated rings. The van der Waals surface area contributed by atoms with Crippen LogP contribution in [-0.4, -0.2) is 27.0 Å². The third-order valence-electron chi connectivity index (χ3n) is 4.41. The number of anilines is 1. The largest absolute Gasteiger partial charge is 0.492 e. The van der Waals surface area contributed by atoms with Gasteiger partial charge in [-0.2, -0.15) is 4.72 Å². The van der Waals surface area contributed by atoms with Crippen LogP contribution in [-0.2, 0) is 14.8 Å². The van der Waals surface area contributed by atoms with Gasteiger partial charge in [0.1, 0.15) is 11.5 Å². The highest BCUT2D eigenvalue weighted by Crippen LogP contribution is 2.32. The van der Waals surface area contributed by atoms with Gasteiger partial charge in [-0.15, -0.1) is 0 Å². The summed E-state index contributed by atoms with van der Waals surface area (Å²) in [7, 11) is -4.03. The van der Waals surface area contributed by atoms with Crippen LogP contribution in [0.5, 0.6) is 17.2 Å². The zero-order chi connectivity index (χ0) is 24.0. The van der Waals surface area contributed by atoms with Crippen molar-refractivity contribution in [2.45, 2.75) is 24.8 Å². The van der Waals surface area contributed by atoms with E-state index in [1.165, 1.54) is 31.2 Å². The maximum absolute atomic E-state index is 12.8. The first-order chi connectivity index (χ1) is 15.7. The van der Waals surface area contributed by atoms with E-state index in [1.54, 1.807) is 31.2 Å². The number of ether oxygens (including phenoxy) is 2. The monoisotopic (exact) mass is 508 g/mol. The summed E-state index contributed by atoms with van der Waals surface area (Å²) in [5, 5.41) is 3.19. The first-order valence-corrected chi connectivity index (χ1v) is 12.2. The van der Waals surface area contributed by atoms with Crippen molar-refractivity contribution in [1.29, 1.82) is 0 Å². The summed E-state index contributed by atoms with van der Waals surface area (Å²) in [6, 6.07) is 16.7. The van der Waals surface area contributed by atoms with Gasteiger partial charge in [0.05, 0.1) is 28.3 Å². The smallest absolute Gasteiger partial charge is 0.242 e. The van der Waals surface area contributed by atoms with E-state index in [-0.39, 0.29) is 9.92 Å². The number of hydrogen-bond donors (Lipinski definition) is 2. The van der Waals surface area contributed by atoms with Crippen molar-refractivity contribution in [2.24, 2.45) is 0 Å². The summed E-state index contributed by atoms with van der Waals surface area (Å²) in [6.45, 7) is 3.60. The van der Waals surface area contributed by atoms with Crippen molar-refractivity contribution in [2.75, 3.05) is 11.9 Å². The molecule has 3 rings (SSSR count). The molecular weight excluding hydrogens is 487 g/mol. The molecule has 3 aromatic rings. The number of para-hydroxylation sites is 1. The Morgan fingerprint density at radius 2 is 1.70 bits per heavy atom. The van der Waals surface area contributed by atoms with E-state index >= 15 is 0 Å². The Morgan fingerprint density at radius 1 is 1.00 bits per heavy atom. The van der Waals surface area contributed by atoms with Gasteiger partial charge >= 0.3 is 0 Å². The Balaban J connectivity index is 1.74. The highest BCUT2D eigenvalue weighted by molar-refractivity contribution is 7.89. The Hall–Kier alpha value is -2.78. The van der Waals surface area contributed by atoms with Gasteiger partial charge in [-0.1, -0.05) is 41.4 Å². The minimum atomic E-state index is -4.03. The fourth-order valence-corrected chi connectivity index (χ4v) is 4.52. The van der Waals surface area contributed by atoms with Gasteiger partial charge in [0.15, 0.2) is 5.75 Å². The highest BCUT2D eigenvalue weighted by atomic mass is 35.5. The van der Waals surface area contributed by atoms with Crippen LogP contribution in [0.25, 0.3) is 0 Å². The Labute approximate surface area is 202 Å². The minimum absolute atomic E-state index is 0.0912. The molecule has 1 amide bonds. The van der Waals surface area contributed by atoms with Crippen LogP contribution in [0.1, 0.15) is 13.8 Å². The lowest BCUT2D eigenvalue weighted by Crippen LogP contribution is -2.41. The van der Waals surface area contributed by atoms with Crippen LogP contribution in [0.2, 0.25) is 10.0 Å². The van der Waals surface area contributed by atoms with E-state index in [9.17, 15) is 13.2 Å². The molecule has 0 heterocycles. The van der Waals surface area contributed by atoms with E-state index in [0.29, 0.717) is 34.6 Å². The van der Waals surface area contributed by atoms with Crippen molar-refractivity contribution in [1.82, 2.24) is 4.72 Å². The van der Waals surface area contributed by atoms with Gasteiger partial charge in [-0.25, -0.2) is 8.42 Å². The van der Waals surface area contributed by atoms with Crippen LogP contribution in [0.3, 0.4) is 0 Å². The quantitative estimate of drug-likeness (QED) is 0.398. The number of carbonyl (C=O) groups excluding carboxylic acids is 1. The van der Waals surface area contributed by atoms with Crippen LogP contribution in [0.4, 0.5) is 5.69 Å². The standard InChI is InChI=1S/C23H22Cl2N2O5S/c1-3-31-21-12-10-18(14-19(21)25)33(29,30)27-15(2)23(28)26-20-13-16(24)9-11-22(20)32-17-7-5-4-6-8-17/h4-15,27H,3H2,1-2H3,(H,26,28)/t15-/m0/s1. The molecule has 0 aromatic heterocycles. The molecular formula is C23H22Cl2N2O5S. The molecule has 7 nitrogen and oxygen atoms in total. The molecule has 0 radical (unpaired) electrons. The summed E-state index contributed by atoms with van der Waals surface area (Å²) in [5.74, 6) is 0.690. The van der Waals surface area contributed by atoms with Gasteiger partial charge in [0.25, 0.3) is 0 Å². The van der Waals surface area contributed by atoms with Crippen molar-refractivity contribution < 1.29 is 22.7 Å². The number of rotatable bonds is 9. The third kappa shape index (κ3) is 6.61. The zero-order valence-electron chi connectivity index (χ0n) is 17.8. The van der Waals surface area contributed by atoms with Crippen LogP contribution in [0.15, 0.2) is 71.6 Å². The molecule has 0 bridgehead atoms. The Kier molecular flexibility index (Phi) is 8.20. The second-order valence-electron chi connectivity index (χ2n) is 6.91. The molecule has 33 heavy (non-hydrogen) atoms. The Bertz CT molecular complexity index is 1240. The molecule has 2 N–H and O–H groups in total. The summed E-state index contributed by atoms with van der Waals surface area (Å²) < 4.78 is 39.0. The fourth-order valence-electron chi connectivity index (χ4n) is 2.82. The van der Waals surface area contributed by atoms with Gasteiger partial charge in [-0.05, 0) is 62.4 Å². The summed E-state index contributed by atoms with van der Waals surface area (Å²) in [5.41, 5.74) is 0.298. The lowest BCUT2D eigenvalue weighted by molar-refractivity contribution is -0.117. The average Bonchev–Trinajstić information content (AvgIpc) is 2.77. The normalized spacial score (nSPS) is 12.1. The van der Waals surface area contributed by atoms with Gasteiger partial charge in [0, 0.05) is 5.02 Å². The molecule has 0 aliphatic carbocycles. The molecule has 3 aromatic carbocycles. The maximum atomic E-state index is 12.8. The topological polar surface area (TPSA) is 93.7 Å². The molecule has 0 saturated carbocycles. The van der Waals surface area contributed by atoms with Gasteiger partial charge < -0.3 is 14.8 Å². The maximum Gasteiger partial charge on any atom is 0.242 e. The second kappa shape index (κ2) is 10.9. The molecule has 0 saturated heterocycles. The zero-order valence-corrected chi connectivity index (χ0v) is 20.2. The van der Waals surface area contributed by atoms with Crippen molar-refractivity contribution in [3.63, 3.8) is 0 Å². The van der Waals surface area contributed by atoms with Crippen molar-refractivity contribution in [3.05, 3.63) is 76.8 Å². The summed E-state index contributed by atoms with van der Waals surface area (Å²) in [6.07, 6.45) is 0. The van der Waals surface area contributed by atoms with Crippen molar-refractivity contribution in [3.8, 4) is 17.2 Å². The molecule has 0 spiro atoms. The first kappa shape index (κ1) is 24.9. The number of halogens is 2. The van der Waals surface area contributed by atoms with Crippen LogP contribution < -0.4 is 19.5 Å². The van der Waals surface area contributed by atoms with E-state index in [1.807, 2.05) is 18.2 Å². The van der Waals surface area contributed by atoms with Crippen LogP contribution >= 0.6 is 23.2 Å². The van der Waals surface area contributed by atoms with E-state index in [2.05, 4.69) is 10.0 Å². The fraction of sp³-hybridized carbons (Fsp3) is 0.174. The van der Waals surface area contributed by atoms with E-state index in [0.717, 1.165) is 0 Å². The predicted molar refractivity (Wildman–Crippen MR) is 129 cm³/mol. The number of carbonyl (C=O) groups is 1. The Morgan fingerprint density at radius 3 is 2.36 bits per heavy atom. The lowest BCUT2D eigenvalue weighted by Gasteiger charge is -2.17. The minimum Gasteiger partial charge on any atom is -0.492 e. The molecule has 174 valence electrons. The van der Waals surface area contributed by atoms with E-state index < -0.39 is 22.0 Å². The van der Waals surface area contributed by atoms with Crippen LogP contribution in [0, 0.1) is 0 Å². The highest BCUT2D eigenvalue weighted by Gasteiger charge is 2.24. The average molecular weight is 509 g/mol. The molecule has 1 atom stereocenters. The number of hydrogen-bond acceptors (Lipinski definition) is 5. The second-order valence-corrected chi connectivity index (χ2v) is 9.47. The van der Waals surface area contributed by atoms with Crippen molar-refractivity contribution >= 4 is 44.8 Å². The van der Waals surface area contributed by atoms with Gasteiger partial charge in [0.2, 0.25) is 15.9 Å². The van der Waals surface area contributed by atoms with E-state index in [4.69, 9.17) is 32.7 Å². The number of benzene rings is 3. The summed E-state index contributed by atoms with van der Waals surface area (Å²) >= 11 is 12.2. The summed E-state index contributed by atoms with van der Waals surface area (Å²) in [4.78, 5) is 12.7. The SMILES string of the molecule is CCOc1ccc(S(=O)(=O)N[C@@H](C)C(=O)Nc2cc(Cl)ccc2Oc2ccccc2)cc1Cl. The lowest BCUT2D eigenvalue weighted by atomic mass is 10.2.